The molecule has 0 spiro atoms. The maximum atomic E-state index is 5.90. The van der Waals surface area contributed by atoms with Crippen LogP contribution >= 0.6 is 11.6 Å². The van der Waals surface area contributed by atoms with Crippen molar-refractivity contribution in [2.75, 3.05) is 6.54 Å². The first-order valence-corrected chi connectivity index (χ1v) is 5.29. The van der Waals surface area contributed by atoms with E-state index in [1.165, 1.54) is 5.56 Å². The second kappa shape index (κ2) is 3.79. The van der Waals surface area contributed by atoms with Gasteiger partial charge in [-0.25, -0.2) is 0 Å². The average molecular weight is 212 g/mol. The van der Waals surface area contributed by atoms with Gasteiger partial charge < -0.3 is 10.1 Å². The number of hydrogen-bond donors (Lipinski definition) is 1. The van der Waals surface area contributed by atoms with Crippen LogP contribution in [-0.2, 0) is 0 Å². The van der Waals surface area contributed by atoms with Crippen molar-refractivity contribution in [3.63, 3.8) is 0 Å². The Kier molecular flexibility index (Phi) is 2.66. The van der Waals surface area contributed by atoms with Gasteiger partial charge in [0.05, 0.1) is 6.04 Å². The summed E-state index contributed by atoms with van der Waals surface area (Å²) in [5.74, 6) is 0.913. The highest BCUT2D eigenvalue weighted by atomic mass is 35.5. The minimum atomic E-state index is 0.184. The molecule has 3 heteroatoms. The number of halogens is 1. The monoisotopic (exact) mass is 211 g/mol. The minimum absolute atomic E-state index is 0.184. The Balaban J connectivity index is 2.33. The van der Waals surface area contributed by atoms with E-state index in [0.717, 1.165) is 17.3 Å². The zero-order valence-corrected chi connectivity index (χ0v) is 9.14. The van der Waals surface area contributed by atoms with Crippen molar-refractivity contribution in [1.82, 2.24) is 5.32 Å². The molecule has 1 heterocycles. The fourth-order valence-corrected chi connectivity index (χ4v) is 2.05. The lowest BCUT2D eigenvalue weighted by Gasteiger charge is -2.14. The van der Waals surface area contributed by atoms with Crippen LogP contribution in [0.4, 0.5) is 0 Å². The molecule has 0 fully saturated rings. The van der Waals surface area contributed by atoms with Gasteiger partial charge in [-0.05, 0) is 25.6 Å². The van der Waals surface area contributed by atoms with Gasteiger partial charge in [0.15, 0.2) is 0 Å². The van der Waals surface area contributed by atoms with E-state index in [9.17, 15) is 0 Å². The van der Waals surface area contributed by atoms with Gasteiger partial charge in [0.1, 0.15) is 11.9 Å². The second-order valence-electron chi connectivity index (χ2n) is 3.54. The third kappa shape index (κ3) is 1.60. The first-order valence-electron chi connectivity index (χ1n) is 4.92. The molecule has 0 saturated heterocycles. The van der Waals surface area contributed by atoms with Crippen LogP contribution in [-0.4, -0.2) is 12.6 Å². The van der Waals surface area contributed by atoms with Crippen molar-refractivity contribution < 1.29 is 4.74 Å². The summed E-state index contributed by atoms with van der Waals surface area (Å²) in [5.41, 5.74) is 1.21. The summed E-state index contributed by atoms with van der Waals surface area (Å²) < 4.78 is 5.71. The van der Waals surface area contributed by atoms with Crippen LogP contribution in [0.1, 0.15) is 25.5 Å². The molecule has 1 aromatic rings. The molecular weight excluding hydrogens is 198 g/mol. The molecule has 1 aliphatic heterocycles. The third-order valence-electron chi connectivity index (χ3n) is 2.52. The molecule has 14 heavy (non-hydrogen) atoms. The normalized spacial score (nSPS) is 24.5. The van der Waals surface area contributed by atoms with E-state index >= 15 is 0 Å². The van der Waals surface area contributed by atoms with Crippen molar-refractivity contribution in [2.45, 2.75) is 26.0 Å². The Hall–Kier alpha value is -0.730. The maximum Gasteiger partial charge on any atom is 0.126 e. The molecule has 2 atom stereocenters. The van der Waals surface area contributed by atoms with E-state index in [2.05, 4.69) is 19.2 Å². The predicted octanol–water partition coefficient (Wildman–Crippen LogP) is 2.77. The molecule has 0 aliphatic carbocycles. The third-order valence-corrected chi connectivity index (χ3v) is 2.75. The Morgan fingerprint density at radius 1 is 1.50 bits per heavy atom. The average Bonchev–Trinajstić information content (AvgIpc) is 2.43. The first-order chi connectivity index (χ1) is 6.72. The largest absolute Gasteiger partial charge is 0.488 e. The van der Waals surface area contributed by atoms with Crippen LogP contribution in [0.2, 0.25) is 5.02 Å². The SMILES string of the molecule is CCNC1c2ccc(Cl)cc2OC1C. The standard InChI is InChI=1S/C11H14ClNO/c1-3-13-11-7(2)14-10-6-8(12)4-5-9(10)11/h4-7,11,13H,3H2,1-2H3. The lowest BCUT2D eigenvalue weighted by atomic mass is 10.0. The minimum Gasteiger partial charge on any atom is -0.488 e. The molecule has 1 aliphatic rings. The molecule has 0 aromatic heterocycles. The van der Waals surface area contributed by atoms with Crippen molar-refractivity contribution in [3.8, 4) is 5.75 Å². The summed E-state index contributed by atoms with van der Waals surface area (Å²) >= 11 is 5.90. The number of rotatable bonds is 2. The molecule has 0 amide bonds. The molecule has 0 radical (unpaired) electrons. The summed E-state index contributed by atoms with van der Waals surface area (Å²) in [6.45, 7) is 5.11. The van der Waals surface area contributed by atoms with E-state index in [0.29, 0.717) is 6.04 Å². The van der Waals surface area contributed by atoms with Crippen molar-refractivity contribution in [3.05, 3.63) is 28.8 Å². The van der Waals surface area contributed by atoms with Crippen LogP contribution in [0.25, 0.3) is 0 Å². The summed E-state index contributed by atoms with van der Waals surface area (Å²) in [7, 11) is 0. The van der Waals surface area contributed by atoms with Crippen LogP contribution in [0.15, 0.2) is 18.2 Å². The number of hydrogen-bond acceptors (Lipinski definition) is 2. The molecule has 0 bridgehead atoms. The highest BCUT2D eigenvalue weighted by Crippen LogP contribution is 2.37. The number of likely N-dealkylation sites (N-methyl/N-ethyl adjacent to an activating group) is 1. The zero-order chi connectivity index (χ0) is 10.1. The Labute approximate surface area is 89.2 Å². The van der Waals surface area contributed by atoms with E-state index in [1.807, 2.05) is 18.2 Å². The van der Waals surface area contributed by atoms with E-state index in [-0.39, 0.29) is 6.10 Å². The van der Waals surface area contributed by atoms with E-state index < -0.39 is 0 Å². The quantitative estimate of drug-likeness (QED) is 0.813. The van der Waals surface area contributed by atoms with Gasteiger partial charge in [0.2, 0.25) is 0 Å². The molecule has 1 N–H and O–H groups in total. The molecule has 76 valence electrons. The van der Waals surface area contributed by atoms with Gasteiger partial charge in [-0.1, -0.05) is 24.6 Å². The molecule has 2 nitrogen and oxygen atoms in total. The van der Waals surface area contributed by atoms with Crippen LogP contribution in [0.5, 0.6) is 5.75 Å². The summed E-state index contributed by atoms with van der Waals surface area (Å²) in [6, 6.07) is 6.12. The van der Waals surface area contributed by atoms with Crippen LogP contribution in [0, 0.1) is 0 Å². The number of benzene rings is 1. The van der Waals surface area contributed by atoms with Crippen molar-refractivity contribution >= 4 is 11.6 Å². The lowest BCUT2D eigenvalue weighted by Crippen LogP contribution is -2.28. The summed E-state index contributed by atoms with van der Waals surface area (Å²) in [4.78, 5) is 0. The van der Waals surface area contributed by atoms with Gasteiger partial charge in [0, 0.05) is 10.6 Å². The lowest BCUT2D eigenvalue weighted by molar-refractivity contribution is 0.211. The summed E-state index contributed by atoms with van der Waals surface area (Å²) in [6.07, 6.45) is 0.184. The Bertz CT molecular complexity index is 340. The van der Waals surface area contributed by atoms with Crippen LogP contribution < -0.4 is 10.1 Å². The maximum absolute atomic E-state index is 5.90. The molecule has 1 aromatic carbocycles. The van der Waals surface area contributed by atoms with Crippen molar-refractivity contribution in [2.24, 2.45) is 0 Å². The summed E-state index contributed by atoms with van der Waals surface area (Å²) in [5, 5.41) is 4.13. The smallest absolute Gasteiger partial charge is 0.126 e. The highest BCUT2D eigenvalue weighted by Gasteiger charge is 2.30. The van der Waals surface area contributed by atoms with E-state index in [4.69, 9.17) is 16.3 Å². The van der Waals surface area contributed by atoms with Crippen molar-refractivity contribution in [1.29, 1.82) is 0 Å². The van der Waals surface area contributed by atoms with Gasteiger partial charge in [0.25, 0.3) is 0 Å². The Morgan fingerprint density at radius 3 is 3.00 bits per heavy atom. The first kappa shape index (κ1) is 9.81. The molecular formula is C11H14ClNO. The topological polar surface area (TPSA) is 21.3 Å². The van der Waals surface area contributed by atoms with Gasteiger partial charge >= 0.3 is 0 Å². The fourth-order valence-electron chi connectivity index (χ4n) is 1.88. The Morgan fingerprint density at radius 2 is 2.29 bits per heavy atom. The molecule has 2 unspecified atom stereocenters. The zero-order valence-electron chi connectivity index (χ0n) is 8.38. The van der Waals surface area contributed by atoms with Gasteiger partial charge in [-0.3, -0.25) is 0 Å². The molecule has 0 saturated carbocycles. The van der Waals surface area contributed by atoms with Crippen LogP contribution in [0.3, 0.4) is 0 Å². The molecule has 2 rings (SSSR count). The fraction of sp³-hybridized carbons (Fsp3) is 0.455. The van der Waals surface area contributed by atoms with E-state index in [1.54, 1.807) is 0 Å². The number of nitrogens with one attached hydrogen (secondary N) is 1. The number of fused-ring (bicyclic) bond motifs is 1. The predicted molar refractivity (Wildman–Crippen MR) is 58.0 cm³/mol. The van der Waals surface area contributed by atoms with Gasteiger partial charge in [-0.15, -0.1) is 0 Å². The van der Waals surface area contributed by atoms with Gasteiger partial charge in [-0.2, -0.15) is 0 Å². The second-order valence-corrected chi connectivity index (χ2v) is 3.98. The number of ether oxygens (including phenoxy) is 1. The highest BCUT2D eigenvalue weighted by molar-refractivity contribution is 6.30.